The Labute approximate surface area is 132 Å². The van der Waals surface area contributed by atoms with E-state index < -0.39 is 6.04 Å². The van der Waals surface area contributed by atoms with Crippen LogP contribution in [0.4, 0.5) is 5.69 Å². The third-order valence-electron chi connectivity index (χ3n) is 4.19. The molecule has 1 heterocycles. The Morgan fingerprint density at radius 3 is 2.81 bits per heavy atom. The Bertz CT molecular complexity index is 584. The molecule has 3 N–H and O–H groups in total. The van der Waals surface area contributed by atoms with E-state index in [9.17, 15) is 9.59 Å². The molecule has 0 radical (unpaired) electrons. The molecular weight excluding hydrogens is 334 g/mol. The van der Waals surface area contributed by atoms with Crippen molar-refractivity contribution in [3.8, 4) is 0 Å². The summed E-state index contributed by atoms with van der Waals surface area (Å²) in [6, 6.07) is 5.08. The normalized spacial score (nSPS) is 21.7. The lowest BCUT2D eigenvalue weighted by Crippen LogP contribution is -2.43. The Kier molecular flexibility index (Phi) is 3.99. The highest BCUT2D eigenvalue weighted by Crippen LogP contribution is 2.39. The SMILES string of the molecule is NC1C(=O)N(CC(=O)NC2CCCC2)c2cccc(Br)c21. The number of carbonyl (C=O) groups is 2. The van der Waals surface area contributed by atoms with Crippen LogP contribution in [0.15, 0.2) is 22.7 Å². The first kappa shape index (κ1) is 14.5. The molecule has 1 aromatic rings. The van der Waals surface area contributed by atoms with Crippen LogP contribution in [0.5, 0.6) is 0 Å². The molecule has 1 unspecified atom stereocenters. The van der Waals surface area contributed by atoms with E-state index in [2.05, 4.69) is 21.2 Å². The molecule has 1 aromatic carbocycles. The first-order valence-corrected chi connectivity index (χ1v) is 8.02. The van der Waals surface area contributed by atoms with Gasteiger partial charge < -0.3 is 16.0 Å². The Hall–Kier alpha value is -1.40. The monoisotopic (exact) mass is 351 g/mol. The quantitative estimate of drug-likeness (QED) is 0.872. The molecule has 0 aromatic heterocycles. The van der Waals surface area contributed by atoms with Crippen LogP contribution in [0.3, 0.4) is 0 Å². The van der Waals surface area contributed by atoms with E-state index >= 15 is 0 Å². The number of hydrogen-bond donors (Lipinski definition) is 2. The predicted molar refractivity (Wildman–Crippen MR) is 83.8 cm³/mol. The number of benzene rings is 1. The molecule has 0 saturated heterocycles. The van der Waals surface area contributed by atoms with Crippen molar-refractivity contribution in [2.75, 3.05) is 11.4 Å². The van der Waals surface area contributed by atoms with Crippen molar-refractivity contribution < 1.29 is 9.59 Å². The zero-order valence-corrected chi connectivity index (χ0v) is 13.2. The van der Waals surface area contributed by atoms with Gasteiger partial charge in [-0.2, -0.15) is 0 Å². The van der Waals surface area contributed by atoms with Crippen molar-refractivity contribution in [1.82, 2.24) is 5.32 Å². The number of halogens is 1. The Morgan fingerprint density at radius 2 is 2.10 bits per heavy atom. The van der Waals surface area contributed by atoms with Crippen LogP contribution in [0, 0.1) is 0 Å². The molecule has 112 valence electrons. The molecule has 2 aliphatic rings. The number of amides is 2. The van der Waals surface area contributed by atoms with Crippen LogP contribution in [0.2, 0.25) is 0 Å². The maximum absolute atomic E-state index is 12.3. The zero-order chi connectivity index (χ0) is 15.0. The summed E-state index contributed by atoms with van der Waals surface area (Å²) < 4.78 is 0.805. The molecule has 6 heteroatoms. The van der Waals surface area contributed by atoms with Gasteiger partial charge in [0.1, 0.15) is 12.6 Å². The number of rotatable bonds is 3. The van der Waals surface area contributed by atoms with Gasteiger partial charge in [0, 0.05) is 16.1 Å². The molecule has 3 rings (SSSR count). The number of hydrogen-bond acceptors (Lipinski definition) is 3. The maximum Gasteiger partial charge on any atom is 0.249 e. The minimum Gasteiger partial charge on any atom is -0.352 e. The van der Waals surface area contributed by atoms with Gasteiger partial charge in [0.15, 0.2) is 0 Å². The first-order valence-electron chi connectivity index (χ1n) is 7.22. The number of nitrogens with zero attached hydrogens (tertiary/aromatic N) is 1. The molecule has 1 saturated carbocycles. The van der Waals surface area contributed by atoms with Crippen LogP contribution < -0.4 is 16.0 Å². The van der Waals surface area contributed by atoms with Crippen LogP contribution in [0.25, 0.3) is 0 Å². The van der Waals surface area contributed by atoms with E-state index in [0.717, 1.165) is 41.4 Å². The van der Waals surface area contributed by atoms with E-state index in [4.69, 9.17) is 5.73 Å². The molecule has 1 aliphatic carbocycles. The maximum atomic E-state index is 12.3. The van der Waals surface area contributed by atoms with E-state index in [0.29, 0.717) is 0 Å². The summed E-state index contributed by atoms with van der Waals surface area (Å²) in [5.74, 6) is -0.339. The van der Waals surface area contributed by atoms with Crippen molar-refractivity contribution in [3.05, 3.63) is 28.2 Å². The first-order chi connectivity index (χ1) is 10.1. The molecule has 0 bridgehead atoms. The number of nitrogens with one attached hydrogen (secondary N) is 1. The van der Waals surface area contributed by atoms with E-state index in [1.807, 2.05) is 18.2 Å². The average Bonchev–Trinajstić information content (AvgIpc) is 3.03. The molecule has 0 spiro atoms. The highest BCUT2D eigenvalue weighted by Gasteiger charge is 2.37. The molecule has 21 heavy (non-hydrogen) atoms. The molecule has 2 amide bonds. The minimum absolute atomic E-state index is 0.0342. The van der Waals surface area contributed by atoms with E-state index in [1.54, 1.807) is 0 Å². The number of fused-ring (bicyclic) bond motifs is 1. The van der Waals surface area contributed by atoms with Gasteiger partial charge in [-0.3, -0.25) is 9.59 Å². The van der Waals surface area contributed by atoms with Gasteiger partial charge in [0.25, 0.3) is 0 Å². The summed E-state index contributed by atoms with van der Waals surface area (Å²) in [4.78, 5) is 25.9. The summed E-state index contributed by atoms with van der Waals surface area (Å²) in [7, 11) is 0. The Morgan fingerprint density at radius 1 is 1.38 bits per heavy atom. The van der Waals surface area contributed by atoms with Crippen LogP contribution in [-0.4, -0.2) is 24.4 Å². The fourth-order valence-electron chi connectivity index (χ4n) is 3.13. The highest BCUT2D eigenvalue weighted by atomic mass is 79.9. The summed E-state index contributed by atoms with van der Waals surface area (Å²) >= 11 is 3.42. The standard InChI is InChI=1S/C15H18BrN3O2/c16-10-6-3-7-11-13(10)14(17)15(21)19(11)8-12(20)18-9-4-1-2-5-9/h3,6-7,9,14H,1-2,4-5,8,17H2,(H,18,20). The van der Waals surface area contributed by atoms with Crippen molar-refractivity contribution in [3.63, 3.8) is 0 Å². The topological polar surface area (TPSA) is 75.4 Å². The van der Waals surface area contributed by atoms with Gasteiger partial charge in [0.2, 0.25) is 11.8 Å². The summed E-state index contributed by atoms with van der Waals surface area (Å²) in [5, 5.41) is 3.00. The average molecular weight is 352 g/mol. The smallest absolute Gasteiger partial charge is 0.249 e. The third-order valence-corrected chi connectivity index (χ3v) is 4.88. The molecule has 1 aliphatic heterocycles. The molecule has 5 nitrogen and oxygen atoms in total. The van der Waals surface area contributed by atoms with Crippen LogP contribution >= 0.6 is 15.9 Å². The van der Waals surface area contributed by atoms with Crippen molar-refractivity contribution in [2.24, 2.45) is 5.73 Å². The van der Waals surface area contributed by atoms with Crippen LogP contribution in [-0.2, 0) is 9.59 Å². The minimum atomic E-state index is -0.699. The van der Waals surface area contributed by atoms with Gasteiger partial charge in [0.05, 0.1) is 5.69 Å². The van der Waals surface area contributed by atoms with Crippen LogP contribution in [0.1, 0.15) is 37.3 Å². The lowest BCUT2D eigenvalue weighted by Gasteiger charge is -2.19. The van der Waals surface area contributed by atoms with Crippen molar-refractivity contribution in [2.45, 2.75) is 37.8 Å². The Balaban J connectivity index is 1.75. The lowest BCUT2D eigenvalue weighted by atomic mass is 10.1. The lowest BCUT2D eigenvalue weighted by molar-refractivity contribution is -0.124. The second kappa shape index (κ2) is 5.77. The summed E-state index contributed by atoms with van der Waals surface area (Å²) in [5.41, 5.74) is 7.45. The number of nitrogens with two attached hydrogens (primary N) is 1. The second-order valence-electron chi connectivity index (χ2n) is 5.62. The summed E-state index contributed by atoms with van der Waals surface area (Å²) in [6.45, 7) is 0.0342. The van der Waals surface area contributed by atoms with Crippen molar-refractivity contribution >= 4 is 33.4 Å². The molecule has 1 atom stereocenters. The van der Waals surface area contributed by atoms with Gasteiger partial charge in [-0.1, -0.05) is 34.8 Å². The second-order valence-corrected chi connectivity index (χ2v) is 6.48. The zero-order valence-electron chi connectivity index (χ0n) is 11.6. The summed E-state index contributed by atoms with van der Waals surface area (Å²) in [6.07, 6.45) is 4.38. The third kappa shape index (κ3) is 2.70. The highest BCUT2D eigenvalue weighted by molar-refractivity contribution is 9.10. The van der Waals surface area contributed by atoms with Gasteiger partial charge >= 0.3 is 0 Å². The fourth-order valence-corrected chi connectivity index (χ4v) is 3.73. The van der Waals surface area contributed by atoms with Crippen molar-refractivity contribution in [1.29, 1.82) is 0 Å². The van der Waals surface area contributed by atoms with E-state index in [-0.39, 0.29) is 24.4 Å². The largest absolute Gasteiger partial charge is 0.352 e. The van der Waals surface area contributed by atoms with Gasteiger partial charge in [-0.15, -0.1) is 0 Å². The number of carbonyl (C=O) groups excluding carboxylic acids is 2. The molecule has 1 fully saturated rings. The fraction of sp³-hybridized carbons (Fsp3) is 0.467. The molecular formula is C15H18BrN3O2. The van der Waals surface area contributed by atoms with Gasteiger partial charge in [-0.25, -0.2) is 0 Å². The van der Waals surface area contributed by atoms with Gasteiger partial charge in [-0.05, 0) is 25.0 Å². The van der Waals surface area contributed by atoms with E-state index in [1.165, 1.54) is 4.90 Å². The number of anilines is 1. The predicted octanol–water partition coefficient (Wildman–Crippen LogP) is 1.85.